The molecule has 0 spiro atoms. The quantitative estimate of drug-likeness (QED) is 0.628. The molecule has 3 unspecified atom stereocenters. The molecule has 19 heavy (non-hydrogen) atoms. The number of carbonyl (C=O) groups excluding carboxylic acids is 1. The monoisotopic (exact) mass is 290 g/mol. The minimum Gasteiger partial charge on any atom is -0.480 e. The molecular weight excluding hydrogens is 268 g/mol. The van der Waals surface area contributed by atoms with E-state index in [1.54, 1.807) is 11.8 Å². The lowest BCUT2D eigenvalue weighted by Crippen LogP contribution is -2.48. The molecule has 0 aromatic carbocycles. The zero-order valence-corrected chi connectivity index (χ0v) is 12.2. The highest BCUT2D eigenvalue weighted by Crippen LogP contribution is 2.18. The van der Waals surface area contributed by atoms with Gasteiger partial charge < -0.3 is 20.4 Å². The number of carbonyl (C=O) groups is 2. The van der Waals surface area contributed by atoms with Gasteiger partial charge in [-0.15, -0.1) is 0 Å². The van der Waals surface area contributed by atoms with Gasteiger partial charge in [-0.05, 0) is 24.9 Å². The van der Waals surface area contributed by atoms with Crippen molar-refractivity contribution in [1.82, 2.24) is 10.2 Å². The number of amides is 2. The summed E-state index contributed by atoms with van der Waals surface area (Å²) in [4.78, 5) is 24.2. The molecule has 3 N–H and O–H groups in total. The van der Waals surface area contributed by atoms with E-state index in [0.29, 0.717) is 0 Å². The van der Waals surface area contributed by atoms with Crippen molar-refractivity contribution in [3.05, 3.63) is 0 Å². The van der Waals surface area contributed by atoms with E-state index in [4.69, 9.17) is 5.11 Å². The van der Waals surface area contributed by atoms with Crippen LogP contribution in [-0.2, 0) is 4.79 Å². The van der Waals surface area contributed by atoms with Crippen molar-refractivity contribution in [2.75, 3.05) is 18.1 Å². The lowest BCUT2D eigenvalue weighted by atomic mass is 10.2. The second-order valence-corrected chi connectivity index (χ2v) is 6.13. The average molecular weight is 290 g/mol. The van der Waals surface area contributed by atoms with E-state index in [0.717, 1.165) is 17.9 Å². The number of nitrogens with zero attached hydrogens (tertiary/aromatic N) is 1. The van der Waals surface area contributed by atoms with Gasteiger partial charge in [-0.25, -0.2) is 9.59 Å². The number of β-amino-alcohol motifs (C(OH)–C–C–N with tert-alkyl or cyclic N) is 1. The first kappa shape index (κ1) is 16.1. The first-order chi connectivity index (χ1) is 8.95. The Balaban J connectivity index is 2.45. The minimum atomic E-state index is -1.07. The molecule has 1 aliphatic heterocycles. The van der Waals surface area contributed by atoms with Gasteiger partial charge in [-0.3, -0.25) is 0 Å². The molecule has 6 nitrogen and oxygen atoms in total. The van der Waals surface area contributed by atoms with Crippen LogP contribution in [0.15, 0.2) is 0 Å². The fourth-order valence-electron chi connectivity index (χ4n) is 2.04. The number of hydrogen-bond donors (Lipinski definition) is 3. The predicted octanol–water partition coefficient (Wildman–Crippen LogP) is 0.747. The highest BCUT2D eigenvalue weighted by Gasteiger charge is 2.39. The average Bonchev–Trinajstić information content (AvgIpc) is 2.72. The van der Waals surface area contributed by atoms with Gasteiger partial charge in [0, 0.05) is 19.0 Å². The third kappa shape index (κ3) is 4.91. The normalized spacial score (nSPS) is 24.3. The van der Waals surface area contributed by atoms with E-state index in [1.165, 1.54) is 4.90 Å². The molecule has 110 valence electrons. The van der Waals surface area contributed by atoms with Gasteiger partial charge in [0.15, 0.2) is 0 Å². The smallest absolute Gasteiger partial charge is 0.326 e. The molecule has 0 bridgehead atoms. The van der Waals surface area contributed by atoms with Gasteiger partial charge in [-0.1, -0.05) is 6.92 Å². The van der Waals surface area contributed by atoms with Gasteiger partial charge in [0.2, 0.25) is 0 Å². The molecule has 0 radical (unpaired) electrons. The highest BCUT2D eigenvalue weighted by molar-refractivity contribution is 7.99. The summed E-state index contributed by atoms with van der Waals surface area (Å²) in [5.74, 6) is 0.934. The maximum atomic E-state index is 12.0. The fourth-order valence-corrected chi connectivity index (χ4v) is 2.85. The zero-order chi connectivity index (χ0) is 14.4. The maximum absolute atomic E-state index is 12.0. The number of aliphatic hydroxyl groups excluding tert-OH is 1. The number of rotatable bonds is 6. The number of thioether (sulfide) groups is 1. The summed E-state index contributed by atoms with van der Waals surface area (Å²) in [7, 11) is 0. The highest BCUT2D eigenvalue weighted by atomic mass is 32.2. The summed E-state index contributed by atoms with van der Waals surface area (Å²) >= 11 is 1.80. The Hall–Kier alpha value is -0.950. The molecule has 1 fully saturated rings. The summed E-state index contributed by atoms with van der Waals surface area (Å²) in [5.41, 5.74) is 0. The molecule has 2 amide bonds. The third-order valence-corrected chi connectivity index (χ3v) is 4.03. The van der Waals surface area contributed by atoms with Crippen molar-refractivity contribution < 1.29 is 19.8 Å². The van der Waals surface area contributed by atoms with Gasteiger partial charge in [0.05, 0.1) is 6.10 Å². The Bertz CT molecular complexity index is 327. The number of aliphatic carboxylic acids is 1. The number of likely N-dealkylation sites (tertiary alicyclic amines) is 1. The molecule has 0 aliphatic carbocycles. The largest absolute Gasteiger partial charge is 0.480 e. The van der Waals surface area contributed by atoms with Crippen LogP contribution in [-0.4, -0.2) is 63.4 Å². The molecule has 1 aliphatic rings. The van der Waals surface area contributed by atoms with Crippen LogP contribution in [0.25, 0.3) is 0 Å². The Kier molecular flexibility index (Phi) is 6.44. The van der Waals surface area contributed by atoms with E-state index >= 15 is 0 Å². The SMILES string of the molecule is CCSCCC(C)NC(=O)N1CC(O)CC1C(=O)O. The second kappa shape index (κ2) is 7.59. The summed E-state index contributed by atoms with van der Waals surface area (Å²) in [6.45, 7) is 4.06. The predicted molar refractivity (Wildman–Crippen MR) is 74.4 cm³/mol. The Morgan fingerprint density at radius 1 is 1.53 bits per heavy atom. The van der Waals surface area contributed by atoms with Crippen molar-refractivity contribution in [1.29, 1.82) is 0 Å². The van der Waals surface area contributed by atoms with Crippen molar-refractivity contribution in [2.45, 2.75) is 44.9 Å². The second-order valence-electron chi connectivity index (χ2n) is 4.73. The first-order valence-electron chi connectivity index (χ1n) is 6.51. The molecule has 1 saturated heterocycles. The number of carboxylic acid groups (broad SMARTS) is 1. The van der Waals surface area contributed by atoms with Crippen LogP contribution in [0.3, 0.4) is 0 Å². The summed E-state index contributed by atoms with van der Waals surface area (Å²) < 4.78 is 0. The maximum Gasteiger partial charge on any atom is 0.326 e. The lowest BCUT2D eigenvalue weighted by Gasteiger charge is -2.24. The Morgan fingerprint density at radius 3 is 2.79 bits per heavy atom. The van der Waals surface area contributed by atoms with Crippen molar-refractivity contribution in [3.63, 3.8) is 0 Å². The van der Waals surface area contributed by atoms with Crippen LogP contribution in [0.2, 0.25) is 0 Å². The molecule has 3 atom stereocenters. The van der Waals surface area contributed by atoms with Crippen molar-refractivity contribution in [2.24, 2.45) is 0 Å². The Labute approximate surface area is 117 Å². The van der Waals surface area contributed by atoms with E-state index < -0.39 is 24.1 Å². The van der Waals surface area contributed by atoms with E-state index in [2.05, 4.69) is 12.2 Å². The van der Waals surface area contributed by atoms with Crippen molar-refractivity contribution in [3.8, 4) is 0 Å². The fraction of sp³-hybridized carbons (Fsp3) is 0.833. The van der Waals surface area contributed by atoms with Gasteiger partial charge >= 0.3 is 12.0 Å². The number of hydrogen-bond acceptors (Lipinski definition) is 4. The van der Waals surface area contributed by atoms with E-state index in [-0.39, 0.29) is 19.0 Å². The van der Waals surface area contributed by atoms with Crippen LogP contribution < -0.4 is 5.32 Å². The minimum absolute atomic E-state index is 0.00117. The number of aliphatic hydroxyl groups is 1. The number of urea groups is 1. The van der Waals surface area contributed by atoms with Crippen LogP contribution >= 0.6 is 11.8 Å². The Morgan fingerprint density at radius 2 is 2.21 bits per heavy atom. The molecule has 7 heteroatoms. The van der Waals surface area contributed by atoms with Crippen molar-refractivity contribution >= 4 is 23.8 Å². The lowest BCUT2D eigenvalue weighted by molar-refractivity contribution is -0.141. The van der Waals surface area contributed by atoms with Gasteiger partial charge in [0.25, 0.3) is 0 Å². The van der Waals surface area contributed by atoms with Crippen LogP contribution in [0.5, 0.6) is 0 Å². The standard InChI is InChI=1S/C12H22N2O4S/c1-3-19-5-4-8(2)13-12(18)14-7-9(15)6-10(14)11(16)17/h8-10,15H,3-7H2,1-2H3,(H,13,18)(H,16,17). The zero-order valence-electron chi connectivity index (χ0n) is 11.3. The summed E-state index contributed by atoms with van der Waals surface area (Å²) in [5, 5.41) is 21.3. The molecular formula is C12H22N2O4S. The van der Waals surface area contributed by atoms with E-state index in [9.17, 15) is 14.7 Å². The first-order valence-corrected chi connectivity index (χ1v) is 7.66. The van der Waals surface area contributed by atoms with Crippen LogP contribution in [0.4, 0.5) is 4.79 Å². The van der Waals surface area contributed by atoms with Gasteiger partial charge in [-0.2, -0.15) is 11.8 Å². The van der Waals surface area contributed by atoms with Crippen LogP contribution in [0, 0.1) is 0 Å². The summed E-state index contributed by atoms with van der Waals surface area (Å²) in [6, 6.07) is -1.33. The molecule has 1 heterocycles. The van der Waals surface area contributed by atoms with Crippen LogP contribution in [0.1, 0.15) is 26.7 Å². The number of carboxylic acids is 1. The molecule has 1 rings (SSSR count). The molecule has 0 saturated carbocycles. The van der Waals surface area contributed by atoms with E-state index in [1.807, 2.05) is 6.92 Å². The third-order valence-electron chi connectivity index (χ3n) is 3.09. The molecule has 0 aromatic rings. The topological polar surface area (TPSA) is 89.9 Å². The molecule has 0 aromatic heterocycles. The summed E-state index contributed by atoms with van der Waals surface area (Å²) in [6.07, 6.45) is 0.194. The number of nitrogens with one attached hydrogen (secondary N) is 1. The van der Waals surface area contributed by atoms with Gasteiger partial charge in [0.1, 0.15) is 6.04 Å².